The lowest BCUT2D eigenvalue weighted by molar-refractivity contribution is -0.128. The molecule has 7 heteroatoms. The molecule has 2 aromatic rings. The van der Waals surface area contributed by atoms with Gasteiger partial charge in [0.05, 0.1) is 5.52 Å². The van der Waals surface area contributed by atoms with Gasteiger partial charge in [0.2, 0.25) is 11.9 Å². The Bertz CT molecular complexity index is 960. The lowest BCUT2D eigenvalue weighted by Gasteiger charge is -2.30. The molecule has 1 saturated carbocycles. The first kappa shape index (κ1) is 21.0. The number of hydrogen-bond donors (Lipinski definition) is 1. The summed E-state index contributed by atoms with van der Waals surface area (Å²) in [6.45, 7) is 5.77. The van der Waals surface area contributed by atoms with Crippen LogP contribution in [-0.4, -0.2) is 63.6 Å². The van der Waals surface area contributed by atoms with Gasteiger partial charge in [0, 0.05) is 50.7 Å². The highest BCUT2D eigenvalue weighted by molar-refractivity contribution is 7.96. The molecule has 6 nitrogen and oxygen atoms in total. The predicted octanol–water partition coefficient (Wildman–Crippen LogP) is 4.29. The summed E-state index contributed by atoms with van der Waals surface area (Å²) < 4.78 is 2.42. The SMILES string of the molecule is CSN1CCC(Nc2ncc3cccc(C4CCC5(CCN(C(C)=O)C5)C4)c3n2)CC1. The minimum Gasteiger partial charge on any atom is -0.351 e. The molecule has 1 aromatic carbocycles. The van der Waals surface area contributed by atoms with Crippen molar-refractivity contribution in [3.05, 3.63) is 30.0 Å². The normalized spacial score (nSPS) is 27.4. The van der Waals surface area contributed by atoms with E-state index in [2.05, 4.69) is 39.1 Å². The van der Waals surface area contributed by atoms with Crippen molar-refractivity contribution in [3.63, 3.8) is 0 Å². The number of anilines is 1. The van der Waals surface area contributed by atoms with Crippen LogP contribution in [0.25, 0.3) is 10.9 Å². The fraction of sp³-hybridized carbons (Fsp3) is 0.625. The fourth-order valence-electron chi connectivity index (χ4n) is 5.89. The number of hydrogen-bond acceptors (Lipinski definition) is 6. The molecule has 1 spiro atoms. The minimum atomic E-state index is 0.220. The van der Waals surface area contributed by atoms with E-state index in [1.54, 1.807) is 6.92 Å². The highest BCUT2D eigenvalue weighted by atomic mass is 32.2. The first-order chi connectivity index (χ1) is 15.0. The van der Waals surface area contributed by atoms with Crippen LogP contribution in [0.3, 0.4) is 0 Å². The van der Waals surface area contributed by atoms with Crippen molar-refractivity contribution in [1.82, 2.24) is 19.2 Å². The van der Waals surface area contributed by atoms with Crippen LogP contribution in [0.15, 0.2) is 24.4 Å². The number of carbonyl (C=O) groups is 1. The highest BCUT2D eigenvalue weighted by Gasteiger charge is 2.45. The molecule has 2 atom stereocenters. The Morgan fingerprint density at radius 2 is 2.03 bits per heavy atom. The van der Waals surface area contributed by atoms with Gasteiger partial charge in [0.15, 0.2) is 0 Å². The average Bonchev–Trinajstić information content (AvgIpc) is 3.41. The maximum atomic E-state index is 11.8. The monoisotopic (exact) mass is 439 g/mol. The lowest BCUT2D eigenvalue weighted by atomic mass is 9.83. The molecular formula is C24H33N5OS. The largest absolute Gasteiger partial charge is 0.351 e. The van der Waals surface area contributed by atoms with Crippen LogP contribution >= 0.6 is 11.9 Å². The van der Waals surface area contributed by atoms with Crippen molar-refractivity contribution in [1.29, 1.82) is 0 Å². The number of nitrogens with zero attached hydrogens (tertiary/aromatic N) is 4. The number of para-hydroxylation sites is 1. The van der Waals surface area contributed by atoms with E-state index in [0.29, 0.717) is 17.4 Å². The van der Waals surface area contributed by atoms with Crippen LogP contribution in [0, 0.1) is 5.41 Å². The Labute approximate surface area is 189 Å². The van der Waals surface area contributed by atoms with Gasteiger partial charge in [-0.05, 0) is 61.7 Å². The Balaban J connectivity index is 1.34. The molecule has 1 aromatic heterocycles. The van der Waals surface area contributed by atoms with Crippen LogP contribution in [0.5, 0.6) is 0 Å². The zero-order chi connectivity index (χ0) is 21.4. The molecule has 3 fully saturated rings. The average molecular weight is 440 g/mol. The third-order valence-corrected chi connectivity index (χ3v) is 8.59. The van der Waals surface area contributed by atoms with E-state index in [1.165, 1.54) is 18.4 Å². The van der Waals surface area contributed by atoms with Gasteiger partial charge in [-0.25, -0.2) is 9.97 Å². The summed E-state index contributed by atoms with van der Waals surface area (Å²) in [6, 6.07) is 6.97. The molecule has 166 valence electrons. The van der Waals surface area contributed by atoms with Gasteiger partial charge in [-0.15, -0.1) is 0 Å². The summed E-state index contributed by atoms with van der Waals surface area (Å²) in [5, 5.41) is 4.72. The van der Waals surface area contributed by atoms with Crippen LogP contribution in [-0.2, 0) is 4.79 Å². The number of nitrogens with one attached hydrogen (secondary N) is 1. The van der Waals surface area contributed by atoms with Gasteiger partial charge in [0.1, 0.15) is 0 Å². The number of aromatic nitrogens is 2. The van der Waals surface area contributed by atoms with Crippen LogP contribution in [0.1, 0.15) is 56.9 Å². The molecule has 2 saturated heterocycles. The smallest absolute Gasteiger partial charge is 0.223 e. The molecule has 1 aliphatic carbocycles. The molecule has 1 N–H and O–H groups in total. The third kappa shape index (κ3) is 4.27. The van der Waals surface area contributed by atoms with E-state index in [0.717, 1.165) is 68.7 Å². The molecule has 5 rings (SSSR count). The molecule has 3 heterocycles. The number of fused-ring (bicyclic) bond motifs is 1. The van der Waals surface area contributed by atoms with E-state index in [9.17, 15) is 4.79 Å². The maximum absolute atomic E-state index is 11.8. The van der Waals surface area contributed by atoms with Crippen LogP contribution < -0.4 is 5.32 Å². The van der Waals surface area contributed by atoms with Crippen molar-refractivity contribution < 1.29 is 4.79 Å². The van der Waals surface area contributed by atoms with Crippen molar-refractivity contribution in [2.75, 3.05) is 37.8 Å². The quantitative estimate of drug-likeness (QED) is 0.717. The Kier molecular flexibility index (Phi) is 5.82. The van der Waals surface area contributed by atoms with E-state index in [1.807, 2.05) is 23.0 Å². The summed E-state index contributed by atoms with van der Waals surface area (Å²) in [7, 11) is 0. The summed E-state index contributed by atoms with van der Waals surface area (Å²) in [6.07, 6.45) is 11.1. The standard InChI is InChI=1S/C24H33N5OS/c1-17(30)28-13-10-24(16-28)9-6-18(14-24)21-5-3-4-19-15-25-23(27-22(19)21)26-20-7-11-29(31-2)12-8-20/h3-5,15,18,20H,6-14,16H2,1-2H3,(H,25,26,27). The second kappa shape index (κ2) is 8.58. The van der Waals surface area contributed by atoms with Crippen LogP contribution in [0.4, 0.5) is 5.95 Å². The number of amides is 1. The fourth-order valence-corrected chi connectivity index (χ4v) is 6.47. The summed E-state index contributed by atoms with van der Waals surface area (Å²) in [5.41, 5.74) is 2.76. The number of likely N-dealkylation sites (tertiary alicyclic amines) is 1. The minimum absolute atomic E-state index is 0.220. The van der Waals surface area contributed by atoms with Gasteiger partial charge in [-0.1, -0.05) is 30.1 Å². The molecular weight excluding hydrogens is 406 g/mol. The first-order valence-electron chi connectivity index (χ1n) is 11.6. The van der Waals surface area contributed by atoms with Crippen molar-refractivity contribution in [2.45, 2.75) is 57.4 Å². The van der Waals surface area contributed by atoms with Crippen molar-refractivity contribution in [2.24, 2.45) is 5.41 Å². The molecule has 2 unspecified atom stereocenters. The van der Waals surface area contributed by atoms with Crippen molar-refractivity contribution >= 4 is 34.7 Å². The zero-order valence-corrected chi connectivity index (χ0v) is 19.5. The Morgan fingerprint density at radius 3 is 2.77 bits per heavy atom. The van der Waals surface area contributed by atoms with Gasteiger partial charge in [-0.3, -0.25) is 9.10 Å². The van der Waals surface area contributed by atoms with Gasteiger partial charge < -0.3 is 10.2 Å². The molecule has 3 aliphatic rings. The van der Waals surface area contributed by atoms with E-state index in [-0.39, 0.29) is 5.91 Å². The highest BCUT2D eigenvalue weighted by Crippen LogP contribution is 2.52. The summed E-state index contributed by atoms with van der Waals surface area (Å²) >= 11 is 1.83. The molecule has 0 bridgehead atoms. The van der Waals surface area contributed by atoms with Gasteiger partial charge >= 0.3 is 0 Å². The molecule has 0 radical (unpaired) electrons. The molecule has 1 amide bonds. The number of rotatable bonds is 4. The second-order valence-corrected chi connectivity index (χ2v) is 10.5. The number of benzene rings is 1. The zero-order valence-electron chi connectivity index (χ0n) is 18.6. The topological polar surface area (TPSA) is 61.4 Å². The summed E-state index contributed by atoms with van der Waals surface area (Å²) in [5.74, 6) is 1.50. The summed E-state index contributed by atoms with van der Waals surface area (Å²) in [4.78, 5) is 23.5. The van der Waals surface area contributed by atoms with Gasteiger partial charge in [-0.2, -0.15) is 0 Å². The second-order valence-electron chi connectivity index (χ2n) is 9.64. The maximum Gasteiger partial charge on any atom is 0.223 e. The number of piperidine rings is 1. The van der Waals surface area contributed by atoms with Crippen molar-refractivity contribution in [3.8, 4) is 0 Å². The lowest BCUT2D eigenvalue weighted by Crippen LogP contribution is -2.35. The van der Waals surface area contributed by atoms with E-state index < -0.39 is 0 Å². The predicted molar refractivity (Wildman–Crippen MR) is 127 cm³/mol. The van der Waals surface area contributed by atoms with Gasteiger partial charge in [0.25, 0.3) is 0 Å². The Hall–Kier alpha value is -1.86. The molecule has 2 aliphatic heterocycles. The number of carbonyl (C=O) groups excluding carboxylic acids is 1. The van der Waals surface area contributed by atoms with E-state index >= 15 is 0 Å². The first-order valence-corrected chi connectivity index (χ1v) is 12.8. The Morgan fingerprint density at radius 1 is 1.19 bits per heavy atom. The molecule has 31 heavy (non-hydrogen) atoms. The third-order valence-electron chi connectivity index (χ3n) is 7.71. The van der Waals surface area contributed by atoms with Crippen LogP contribution in [0.2, 0.25) is 0 Å². The van der Waals surface area contributed by atoms with E-state index in [4.69, 9.17) is 4.98 Å².